The number of nitrogens with two attached hydrogens (primary N) is 1. The third kappa shape index (κ3) is 2.51. The van der Waals surface area contributed by atoms with Gasteiger partial charge in [0.1, 0.15) is 5.69 Å². The van der Waals surface area contributed by atoms with Crippen LogP contribution in [-0.2, 0) is 18.4 Å². The van der Waals surface area contributed by atoms with Crippen LogP contribution in [0.4, 0.5) is 0 Å². The normalized spacial score (nSPS) is 16.9. The molecule has 0 radical (unpaired) electrons. The summed E-state index contributed by atoms with van der Waals surface area (Å²) < 4.78 is 5.31. The van der Waals surface area contributed by atoms with Crippen molar-refractivity contribution in [3.8, 4) is 5.88 Å². The van der Waals surface area contributed by atoms with Gasteiger partial charge >= 0.3 is 0 Å². The van der Waals surface area contributed by atoms with Gasteiger partial charge in [0.25, 0.3) is 0 Å². The molecule has 0 saturated heterocycles. The van der Waals surface area contributed by atoms with Gasteiger partial charge in [0.15, 0.2) is 0 Å². The molecule has 2 aromatic rings. The molecule has 110 valence electrons. The Labute approximate surface area is 125 Å². The van der Waals surface area contributed by atoms with Gasteiger partial charge in [-0.3, -0.25) is 4.98 Å². The van der Waals surface area contributed by atoms with E-state index in [9.17, 15) is 0 Å². The molecule has 1 aromatic carbocycles. The monoisotopic (exact) mass is 283 g/mol. The molecule has 0 saturated carbocycles. The van der Waals surface area contributed by atoms with Crippen LogP contribution in [0, 0.1) is 0 Å². The van der Waals surface area contributed by atoms with E-state index in [-0.39, 0.29) is 0 Å². The first-order valence-corrected chi connectivity index (χ1v) is 7.39. The Morgan fingerprint density at radius 3 is 2.57 bits per heavy atom. The zero-order chi connectivity index (χ0) is 14.9. The molecule has 1 aliphatic carbocycles. The molecule has 2 N–H and O–H groups in total. The quantitative estimate of drug-likeness (QED) is 0.940. The fraction of sp³-hybridized carbons (Fsp3) is 0.412. The molecule has 0 aliphatic heterocycles. The molecule has 0 bridgehead atoms. The Hall–Kier alpha value is -1.94. The van der Waals surface area contributed by atoms with Crippen LogP contribution in [0.2, 0.25) is 0 Å². The largest absolute Gasteiger partial charge is 0.480 e. The lowest BCUT2D eigenvalue weighted by Gasteiger charge is -2.27. The standard InChI is InChI=1S/C17H21N3O/c1-17(18,15-16(21-2)20-10-9-19-15)14-8-7-12-5-3-4-6-13(12)11-14/h7-11H,3-6,18H2,1-2H3. The number of aryl methyl sites for hydroxylation is 2. The molecule has 1 heterocycles. The number of hydrogen-bond acceptors (Lipinski definition) is 4. The highest BCUT2D eigenvalue weighted by Crippen LogP contribution is 2.32. The number of hydrogen-bond donors (Lipinski definition) is 1. The van der Waals surface area contributed by atoms with Crippen molar-refractivity contribution in [2.24, 2.45) is 5.73 Å². The second-order valence-electron chi connectivity index (χ2n) is 5.81. The lowest BCUT2D eigenvalue weighted by molar-refractivity contribution is 0.376. The van der Waals surface area contributed by atoms with Crippen LogP contribution in [0.15, 0.2) is 30.6 Å². The van der Waals surface area contributed by atoms with Gasteiger partial charge in [-0.05, 0) is 49.3 Å². The molecule has 3 rings (SSSR count). The van der Waals surface area contributed by atoms with Gasteiger partial charge < -0.3 is 10.5 Å². The van der Waals surface area contributed by atoms with Gasteiger partial charge in [-0.1, -0.05) is 18.2 Å². The lowest BCUT2D eigenvalue weighted by Crippen LogP contribution is -2.36. The summed E-state index contributed by atoms with van der Waals surface area (Å²) in [6.45, 7) is 1.96. The van der Waals surface area contributed by atoms with Crippen molar-refractivity contribution >= 4 is 0 Å². The molecule has 0 spiro atoms. The first-order valence-electron chi connectivity index (χ1n) is 7.39. The van der Waals surface area contributed by atoms with Crippen molar-refractivity contribution in [3.63, 3.8) is 0 Å². The molecule has 1 atom stereocenters. The molecule has 0 fully saturated rings. The number of rotatable bonds is 3. The molecule has 1 aliphatic rings. The van der Waals surface area contributed by atoms with Crippen molar-refractivity contribution < 1.29 is 4.74 Å². The van der Waals surface area contributed by atoms with E-state index in [1.165, 1.54) is 30.4 Å². The molecule has 0 amide bonds. The van der Waals surface area contributed by atoms with Crippen molar-refractivity contribution in [1.29, 1.82) is 0 Å². The number of nitrogens with zero attached hydrogens (tertiary/aromatic N) is 2. The van der Waals surface area contributed by atoms with Crippen LogP contribution in [0.25, 0.3) is 0 Å². The summed E-state index contributed by atoms with van der Waals surface area (Å²) in [5.74, 6) is 0.486. The van der Waals surface area contributed by atoms with Crippen LogP contribution in [0.1, 0.15) is 42.1 Å². The summed E-state index contributed by atoms with van der Waals surface area (Å²) in [6.07, 6.45) is 8.12. The van der Waals surface area contributed by atoms with Crippen molar-refractivity contribution in [2.75, 3.05) is 7.11 Å². The fourth-order valence-electron chi connectivity index (χ4n) is 3.02. The molecular weight excluding hydrogens is 262 g/mol. The summed E-state index contributed by atoms with van der Waals surface area (Å²) in [5, 5.41) is 0. The zero-order valence-electron chi connectivity index (χ0n) is 12.6. The minimum Gasteiger partial charge on any atom is -0.480 e. The van der Waals surface area contributed by atoms with Crippen LogP contribution < -0.4 is 10.5 Å². The SMILES string of the molecule is COc1nccnc1C(C)(N)c1ccc2c(c1)CCCC2. The molecule has 1 unspecified atom stereocenters. The molecular formula is C17H21N3O. The Morgan fingerprint density at radius 1 is 1.10 bits per heavy atom. The number of ether oxygens (including phenoxy) is 1. The molecule has 21 heavy (non-hydrogen) atoms. The average Bonchev–Trinajstić information content (AvgIpc) is 2.54. The van der Waals surface area contributed by atoms with Gasteiger partial charge in [-0.2, -0.15) is 0 Å². The fourth-order valence-corrected chi connectivity index (χ4v) is 3.02. The van der Waals surface area contributed by atoms with E-state index in [0.29, 0.717) is 11.6 Å². The third-order valence-electron chi connectivity index (χ3n) is 4.30. The van der Waals surface area contributed by atoms with E-state index >= 15 is 0 Å². The number of aromatic nitrogens is 2. The predicted molar refractivity (Wildman–Crippen MR) is 82.3 cm³/mol. The summed E-state index contributed by atoms with van der Waals surface area (Å²) >= 11 is 0. The first kappa shape index (κ1) is 14.0. The highest BCUT2D eigenvalue weighted by molar-refractivity contribution is 5.42. The molecule has 1 aromatic heterocycles. The molecule has 4 heteroatoms. The number of fused-ring (bicyclic) bond motifs is 1. The first-order chi connectivity index (χ1) is 10.1. The van der Waals surface area contributed by atoms with Crippen molar-refractivity contribution in [1.82, 2.24) is 9.97 Å². The van der Waals surface area contributed by atoms with Crippen LogP contribution in [-0.4, -0.2) is 17.1 Å². The average molecular weight is 283 g/mol. The smallest absolute Gasteiger partial charge is 0.237 e. The van der Waals surface area contributed by atoms with E-state index in [0.717, 1.165) is 12.0 Å². The number of methoxy groups -OCH3 is 1. The highest BCUT2D eigenvalue weighted by Gasteiger charge is 2.30. The van der Waals surface area contributed by atoms with Gasteiger partial charge in [-0.25, -0.2) is 4.98 Å². The summed E-state index contributed by atoms with van der Waals surface area (Å²) in [5.41, 5.74) is 10.5. The Morgan fingerprint density at radius 2 is 1.81 bits per heavy atom. The third-order valence-corrected chi connectivity index (χ3v) is 4.30. The second kappa shape index (κ2) is 5.45. The van der Waals surface area contributed by atoms with Crippen molar-refractivity contribution in [2.45, 2.75) is 38.1 Å². The van der Waals surface area contributed by atoms with Gasteiger partial charge in [0.05, 0.1) is 12.6 Å². The minimum atomic E-state index is -0.716. The van der Waals surface area contributed by atoms with E-state index < -0.39 is 5.54 Å². The summed E-state index contributed by atoms with van der Waals surface area (Å²) in [4.78, 5) is 8.61. The van der Waals surface area contributed by atoms with Gasteiger partial charge in [0.2, 0.25) is 5.88 Å². The maximum absolute atomic E-state index is 6.59. The van der Waals surface area contributed by atoms with Gasteiger partial charge in [0, 0.05) is 12.4 Å². The summed E-state index contributed by atoms with van der Waals surface area (Å²) in [6, 6.07) is 6.54. The minimum absolute atomic E-state index is 0.486. The van der Waals surface area contributed by atoms with E-state index in [2.05, 4.69) is 28.2 Å². The van der Waals surface area contributed by atoms with E-state index in [1.807, 2.05) is 6.92 Å². The lowest BCUT2D eigenvalue weighted by atomic mass is 9.84. The maximum Gasteiger partial charge on any atom is 0.237 e. The van der Waals surface area contributed by atoms with Crippen molar-refractivity contribution in [3.05, 3.63) is 53.0 Å². The van der Waals surface area contributed by atoms with Crippen LogP contribution in [0.3, 0.4) is 0 Å². The van der Waals surface area contributed by atoms with E-state index in [1.54, 1.807) is 19.5 Å². The Bertz CT molecular complexity index is 652. The Balaban J connectivity index is 2.05. The zero-order valence-corrected chi connectivity index (χ0v) is 12.6. The molecule has 4 nitrogen and oxygen atoms in total. The predicted octanol–water partition coefficient (Wildman–Crippen LogP) is 2.59. The van der Waals surface area contributed by atoms with Crippen LogP contribution >= 0.6 is 0 Å². The second-order valence-corrected chi connectivity index (χ2v) is 5.81. The Kier molecular flexibility index (Phi) is 3.64. The van der Waals surface area contributed by atoms with Gasteiger partial charge in [-0.15, -0.1) is 0 Å². The topological polar surface area (TPSA) is 61.0 Å². The summed E-state index contributed by atoms with van der Waals surface area (Å²) in [7, 11) is 1.59. The van der Waals surface area contributed by atoms with E-state index in [4.69, 9.17) is 10.5 Å². The number of benzene rings is 1. The van der Waals surface area contributed by atoms with Crippen LogP contribution in [0.5, 0.6) is 5.88 Å². The maximum atomic E-state index is 6.59. The highest BCUT2D eigenvalue weighted by atomic mass is 16.5.